The van der Waals surface area contributed by atoms with Crippen molar-refractivity contribution in [3.05, 3.63) is 64.8 Å². The molecule has 35 heavy (non-hydrogen) atoms. The first-order valence-electron chi connectivity index (χ1n) is 11.5. The van der Waals surface area contributed by atoms with Crippen molar-refractivity contribution in [2.75, 3.05) is 18.4 Å². The van der Waals surface area contributed by atoms with Crippen LogP contribution >= 0.6 is 11.6 Å². The Morgan fingerprint density at radius 3 is 2.57 bits per heavy atom. The number of hydrogen-bond donors (Lipinski definition) is 2. The highest BCUT2D eigenvalue weighted by atomic mass is 35.5. The molecule has 0 radical (unpaired) electrons. The van der Waals surface area contributed by atoms with E-state index in [1.807, 2.05) is 45.0 Å². The first kappa shape index (κ1) is 24.8. The monoisotopic (exact) mass is 497 g/mol. The van der Waals surface area contributed by atoms with Crippen LogP contribution in [0.1, 0.15) is 36.8 Å². The van der Waals surface area contributed by atoms with E-state index in [9.17, 15) is 14.7 Å². The van der Waals surface area contributed by atoms with E-state index in [-0.39, 0.29) is 23.6 Å². The molecule has 2 heterocycles. The molecule has 1 aliphatic rings. The van der Waals surface area contributed by atoms with E-state index in [1.165, 1.54) is 0 Å². The minimum absolute atomic E-state index is 0.00111. The topological polar surface area (TPSA) is 105 Å². The van der Waals surface area contributed by atoms with Gasteiger partial charge >= 0.3 is 5.97 Å². The van der Waals surface area contributed by atoms with Crippen LogP contribution in [0.2, 0.25) is 5.02 Å². The minimum atomic E-state index is -0.741. The molecular weight excluding hydrogens is 470 g/mol. The van der Waals surface area contributed by atoms with Crippen LogP contribution in [0, 0.1) is 11.8 Å². The van der Waals surface area contributed by atoms with Gasteiger partial charge in [-0.2, -0.15) is 0 Å². The van der Waals surface area contributed by atoms with Crippen LogP contribution in [0.4, 0.5) is 5.69 Å². The first-order chi connectivity index (χ1) is 16.7. The van der Waals surface area contributed by atoms with Crippen LogP contribution < -0.4 is 10.1 Å². The Morgan fingerprint density at radius 1 is 1.20 bits per heavy atom. The molecule has 1 amide bonds. The molecule has 0 aliphatic carbocycles. The SMILES string of the molecule is CC(C)Oc1ccc(-c2cc(C(=O)Nc3ccc(CN4CC(C)C(C(=O)O)C4)cc3)no2)cc1Cl. The lowest BCUT2D eigenvalue weighted by atomic mass is 9.99. The number of halogens is 1. The smallest absolute Gasteiger partial charge is 0.308 e. The summed E-state index contributed by atoms with van der Waals surface area (Å²) in [7, 11) is 0. The number of nitrogens with one attached hydrogen (secondary N) is 1. The molecule has 0 spiro atoms. The molecule has 2 atom stereocenters. The predicted molar refractivity (Wildman–Crippen MR) is 133 cm³/mol. The number of aliphatic carboxylic acids is 1. The van der Waals surface area contributed by atoms with E-state index in [4.69, 9.17) is 20.9 Å². The van der Waals surface area contributed by atoms with Gasteiger partial charge in [-0.05, 0) is 55.7 Å². The Bertz CT molecular complexity index is 1210. The van der Waals surface area contributed by atoms with E-state index in [0.717, 1.165) is 12.1 Å². The summed E-state index contributed by atoms with van der Waals surface area (Å²) < 4.78 is 11.0. The van der Waals surface area contributed by atoms with Crippen molar-refractivity contribution in [2.45, 2.75) is 33.4 Å². The minimum Gasteiger partial charge on any atom is -0.489 e. The van der Waals surface area contributed by atoms with Crippen molar-refractivity contribution in [3.63, 3.8) is 0 Å². The molecule has 8 nitrogen and oxygen atoms in total. The molecule has 1 fully saturated rings. The summed E-state index contributed by atoms with van der Waals surface area (Å²) in [6.45, 7) is 7.77. The molecule has 2 N–H and O–H groups in total. The van der Waals surface area contributed by atoms with Crippen LogP contribution in [-0.2, 0) is 11.3 Å². The fraction of sp³-hybridized carbons (Fsp3) is 0.346. The Balaban J connectivity index is 1.36. The summed E-state index contributed by atoms with van der Waals surface area (Å²) in [5.74, 6) is -0.343. The number of anilines is 1. The van der Waals surface area contributed by atoms with Crippen LogP contribution in [0.5, 0.6) is 5.75 Å². The van der Waals surface area contributed by atoms with Gasteiger partial charge in [0, 0.05) is 37.0 Å². The molecule has 2 aromatic carbocycles. The Labute approximate surface area is 208 Å². The third kappa shape index (κ3) is 6.01. The lowest BCUT2D eigenvalue weighted by Gasteiger charge is -2.15. The van der Waals surface area contributed by atoms with Gasteiger partial charge in [-0.1, -0.05) is 35.8 Å². The number of benzene rings is 2. The summed E-state index contributed by atoms with van der Waals surface area (Å²) in [5, 5.41) is 16.5. The number of carboxylic acids is 1. The van der Waals surface area contributed by atoms with Gasteiger partial charge in [0.2, 0.25) is 0 Å². The van der Waals surface area contributed by atoms with E-state index in [1.54, 1.807) is 24.3 Å². The fourth-order valence-electron chi connectivity index (χ4n) is 4.19. The van der Waals surface area contributed by atoms with E-state index in [2.05, 4.69) is 15.4 Å². The van der Waals surface area contributed by atoms with Crippen molar-refractivity contribution < 1.29 is 24.0 Å². The Kier molecular flexibility index (Phi) is 7.42. The van der Waals surface area contributed by atoms with Crippen LogP contribution in [0.15, 0.2) is 53.1 Å². The molecular formula is C26H28ClN3O5. The van der Waals surface area contributed by atoms with E-state index < -0.39 is 11.9 Å². The number of rotatable bonds is 8. The average Bonchev–Trinajstić information content (AvgIpc) is 3.43. The van der Waals surface area contributed by atoms with E-state index >= 15 is 0 Å². The van der Waals surface area contributed by atoms with E-state index in [0.29, 0.717) is 40.9 Å². The molecule has 1 saturated heterocycles. The zero-order valence-corrected chi connectivity index (χ0v) is 20.6. The summed E-state index contributed by atoms with van der Waals surface area (Å²) in [6.07, 6.45) is 0.00111. The van der Waals surface area contributed by atoms with Crippen LogP contribution in [0.3, 0.4) is 0 Å². The highest BCUT2D eigenvalue weighted by Crippen LogP contribution is 2.31. The molecule has 1 aliphatic heterocycles. The van der Waals surface area contributed by atoms with Crippen molar-refractivity contribution in [2.24, 2.45) is 11.8 Å². The maximum atomic E-state index is 12.7. The van der Waals surface area contributed by atoms with Crippen molar-refractivity contribution in [1.82, 2.24) is 10.1 Å². The molecule has 1 aromatic heterocycles. The van der Waals surface area contributed by atoms with Crippen molar-refractivity contribution in [3.8, 4) is 17.1 Å². The Hall–Kier alpha value is -3.36. The van der Waals surface area contributed by atoms with Crippen LogP contribution in [0.25, 0.3) is 11.3 Å². The first-order valence-corrected chi connectivity index (χ1v) is 11.9. The largest absolute Gasteiger partial charge is 0.489 e. The van der Waals surface area contributed by atoms with Gasteiger partial charge in [-0.25, -0.2) is 0 Å². The van der Waals surface area contributed by atoms with Gasteiger partial charge in [0.25, 0.3) is 5.91 Å². The third-order valence-electron chi connectivity index (χ3n) is 5.95. The molecule has 0 saturated carbocycles. The highest BCUT2D eigenvalue weighted by molar-refractivity contribution is 6.32. The number of amides is 1. The predicted octanol–water partition coefficient (Wildman–Crippen LogP) is 5.19. The fourth-order valence-corrected chi connectivity index (χ4v) is 4.41. The second kappa shape index (κ2) is 10.5. The highest BCUT2D eigenvalue weighted by Gasteiger charge is 2.34. The molecule has 2 unspecified atom stereocenters. The van der Waals surface area contributed by atoms with Gasteiger partial charge < -0.3 is 19.7 Å². The lowest BCUT2D eigenvalue weighted by Crippen LogP contribution is -2.23. The molecule has 0 bridgehead atoms. The number of likely N-dealkylation sites (tertiary alicyclic amines) is 1. The quantitative estimate of drug-likeness (QED) is 0.441. The van der Waals surface area contributed by atoms with Gasteiger partial charge in [0.05, 0.1) is 17.0 Å². The summed E-state index contributed by atoms with van der Waals surface area (Å²) in [5.41, 5.74) is 2.50. The number of carboxylic acid groups (broad SMARTS) is 1. The maximum absolute atomic E-state index is 12.7. The normalized spacial score (nSPS) is 18.1. The number of nitrogens with zero attached hydrogens (tertiary/aromatic N) is 2. The van der Waals surface area contributed by atoms with Gasteiger partial charge in [0.1, 0.15) is 5.75 Å². The summed E-state index contributed by atoms with van der Waals surface area (Å²) in [6, 6.07) is 14.3. The van der Waals surface area contributed by atoms with Crippen molar-refractivity contribution in [1.29, 1.82) is 0 Å². The zero-order chi connectivity index (χ0) is 25.1. The Morgan fingerprint density at radius 2 is 1.94 bits per heavy atom. The molecule has 184 valence electrons. The second-order valence-corrected chi connectivity index (χ2v) is 9.56. The summed E-state index contributed by atoms with van der Waals surface area (Å²) in [4.78, 5) is 26.1. The molecule has 4 rings (SSSR count). The standard InChI is InChI=1S/C26H28ClN3O5/c1-15(2)34-23-9-6-18(10-21(23)27)24-11-22(29-35-24)25(31)28-19-7-4-17(5-8-19)13-30-12-16(3)20(14-30)26(32)33/h4-11,15-16,20H,12-14H2,1-3H3,(H,28,31)(H,32,33). The summed E-state index contributed by atoms with van der Waals surface area (Å²) >= 11 is 6.30. The third-order valence-corrected chi connectivity index (χ3v) is 6.24. The maximum Gasteiger partial charge on any atom is 0.308 e. The van der Waals surface area contributed by atoms with Crippen molar-refractivity contribution >= 4 is 29.2 Å². The average molecular weight is 498 g/mol. The molecule has 3 aromatic rings. The van der Waals surface area contributed by atoms with Gasteiger partial charge in [-0.15, -0.1) is 0 Å². The van der Waals surface area contributed by atoms with Crippen LogP contribution in [-0.4, -0.2) is 46.2 Å². The number of carbonyl (C=O) groups excluding carboxylic acids is 1. The lowest BCUT2D eigenvalue weighted by molar-refractivity contribution is -0.142. The van der Waals surface area contributed by atoms with Gasteiger partial charge in [0.15, 0.2) is 11.5 Å². The number of hydrogen-bond acceptors (Lipinski definition) is 6. The number of carbonyl (C=O) groups is 2. The molecule has 9 heteroatoms. The number of ether oxygens (including phenoxy) is 1. The second-order valence-electron chi connectivity index (χ2n) is 9.16. The van der Waals surface area contributed by atoms with Gasteiger partial charge in [-0.3, -0.25) is 14.5 Å². The number of aromatic nitrogens is 1. The zero-order valence-electron chi connectivity index (χ0n) is 19.8.